The molecule has 31 heavy (non-hydrogen) atoms. The van der Waals surface area contributed by atoms with E-state index < -0.39 is 12.6 Å². The fourth-order valence-corrected chi connectivity index (χ4v) is 5.14. The molecule has 0 amide bonds. The van der Waals surface area contributed by atoms with E-state index in [0.717, 1.165) is 33.9 Å². The molecule has 2 aliphatic rings. The third-order valence-corrected chi connectivity index (χ3v) is 6.69. The first-order chi connectivity index (χ1) is 14.6. The molecule has 0 bridgehead atoms. The predicted molar refractivity (Wildman–Crippen MR) is 125 cm³/mol. The Morgan fingerprint density at radius 2 is 1.48 bits per heavy atom. The molecule has 2 heterocycles. The van der Waals surface area contributed by atoms with E-state index in [-0.39, 0.29) is 10.8 Å². The summed E-state index contributed by atoms with van der Waals surface area (Å²) in [7, 11) is 0. The van der Waals surface area contributed by atoms with E-state index in [1.165, 1.54) is 0 Å². The van der Waals surface area contributed by atoms with Gasteiger partial charge in [-0.3, -0.25) is 0 Å². The van der Waals surface area contributed by atoms with Crippen LogP contribution in [-0.4, -0.2) is 22.9 Å². The van der Waals surface area contributed by atoms with Crippen molar-refractivity contribution in [2.45, 2.75) is 65.0 Å². The van der Waals surface area contributed by atoms with E-state index in [4.69, 9.17) is 0 Å². The fraction of sp³-hybridized carbons (Fsp3) is 0.370. The van der Waals surface area contributed by atoms with Gasteiger partial charge in [0.25, 0.3) is 6.30 Å². The van der Waals surface area contributed by atoms with Crippen LogP contribution in [0, 0.1) is 0 Å². The first-order valence-corrected chi connectivity index (χ1v) is 10.9. The van der Waals surface area contributed by atoms with Crippen molar-refractivity contribution in [1.29, 1.82) is 0 Å². The number of anilines is 1. The normalized spacial score (nSPS) is 22.2. The van der Waals surface area contributed by atoms with Crippen molar-refractivity contribution in [3.05, 3.63) is 83.6 Å². The average molecular weight is 422 g/mol. The number of nitrogens with zero attached hydrogens (tertiary/aromatic N) is 2. The van der Waals surface area contributed by atoms with E-state index in [9.17, 15) is 8.78 Å². The fourth-order valence-electron chi connectivity index (χ4n) is 5.14. The third-order valence-electron chi connectivity index (χ3n) is 6.69. The van der Waals surface area contributed by atoms with Crippen molar-refractivity contribution in [3.8, 4) is 0 Å². The Balaban J connectivity index is 1.79. The van der Waals surface area contributed by atoms with Gasteiger partial charge in [-0.05, 0) is 38.5 Å². The highest BCUT2D eigenvalue weighted by molar-refractivity contribution is 6.03. The first-order valence-electron chi connectivity index (χ1n) is 10.9. The second-order valence-electron chi connectivity index (χ2n) is 9.47. The van der Waals surface area contributed by atoms with Gasteiger partial charge < -0.3 is 4.90 Å². The summed E-state index contributed by atoms with van der Waals surface area (Å²) in [6.07, 6.45) is 3.60. The summed E-state index contributed by atoms with van der Waals surface area (Å²) in [5, 5.41) is 0. The SMILES string of the molecule is CC(F)N1/C(=C/C=C/C2=[N+](C(C)F)c3ccccc3C2(C)C)C(C)(C)c2ccccc21. The lowest BCUT2D eigenvalue weighted by Crippen LogP contribution is -2.31. The molecule has 0 fully saturated rings. The van der Waals surface area contributed by atoms with Crippen LogP contribution in [-0.2, 0) is 10.8 Å². The Bertz CT molecular complexity index is 1100. The maximum atomic E-state index is 14.7. The maximum Gasteiger partial charge on any atom is 0.296 e. The van der Waals surface area contributed by atoms with Crippen LogP contribution < -0.4 is 4.90 Å². The lowest BCUT2D eigenvalue weighted by molar-refractivity contribution is -0.510. The van der Waals surface area contributed by atoms with Gasteiger partial charge in [-0.2, -0.15) is 8.97 Å². The van der Waals surface area contributed by atoms with Crippen LogP contribution in [0.1, 0.15) is 52.7 Å². The molecule has 0 saturated carbocycles. The van der Waals surface area contributed by atoms with Crippen molar-refractivity contribution in [2.24, 2.45) is 0 Å². The number of para-hydroxylation sites is 2. The summed E-state index contributed by atoms with van der Waals surface area (Å²) in [6, 6.07) is 15.9. The van der Waals surface area contributed by atoms with Gasteiger partial charge >= 0.3 is 0 Å². The van der Waals surface area contributed by atoms with E-state index in [1.54, 1.807) is 23.3 Å². The van der Waals surface area contributed by atoms with Gasteiger partial charge in [-0.25, -0.2) is 4.39 Å². The molecule has 0 aliphatic carbocycles. The molecule has 2 aromatic rings. The highest BCUT2D eigenvalue weighted by Crippen LogP contribution is 2.48. The quantitative estimate of drug-likeness (QED) is 0.383. The van der Waals surface area contributed by atoms with Gasteiger partial charge in [0.05, 0.1) is 5.41 Å². The first kappa shape index (κ1) is 21.5. The van der Waals surface area contributed by atoms with Crippen LogP contribution in [0.25, 0.3) is 0 Å². The van der Waals surface area contributed by atoms with Crippen LogP contribution in [0.3, 0.4) is 0 Å². The van der Waals surface area contributed by atoms with Gasteiger partial charge in [0, 0.05) is 41.4 Å². The number of rotatable bonds is 4. The van der Waals surface area contributed by atoms with Crippen molar-refractivity contribution >= 4 is 17.1 Å². The summed E-state index contributed by atoms with van der Waals surface area (Å²) in [6.45, 7) is 11.6. The number of halogens is 2. The number of allylic oxidation sites excluding steroid dienone is 4. The Hall–Kier alpha value is -2.75. The molecule has 0 radical (unpaired) electrons. The number of hydrogen-bond acceptors (Lipinski definition) is 1. The molecule has 2 nitrogen and oxygen atoms in total. The topological polar surface area (TPSA) is 6.25 Å². The van der Waals surface area contributed by atoms with E-state index >= 15 is 0 Å². The molecule has 2 aliphatic heterocycles. The minimum absolute atomic E-state index is 0.326. The van der Waals surface area contributed by atoms with Crippen molar-refractivity contribution in [3.63, 3.8) is 0 Å². The number of benzene rings is 2. The maximum absolute atomic E-state index is 14.7. The minimum Gasteiger partial charge on any atom is -0.314 e. The van der Waals surface area contributed by atoms with Crippen LogP contribution in [0.5, 0.6) is 0 Å². The Kier molecular flexibility index (Phi) is 5.15. The highest BCUT2D eigenvalue weighted by atomic mass is 19.1. The molecule has 2 atom stereocenters. The number of fused-ring (bicyclic) bond motifs is 2. The number of alkyl halides is 2. The Morgan fingerprint density at radius 3 is 2.13 bits per heavy atom. The highest BCUT2D eigenvalue weighted by Gasteiger charge is 2.46. The van der Waals surface area contributed by atoms with Gasteiger partial charge in [-0.15, -0.1) is 0 Å². The zero-order valence-electron chi connectivity index (χ0n) is 19.2. The van der Waals surface area contributed by atoms with Crippen molar-refractivity contribution < 1.29 is 13.4 Å². The molecule has 0 N–H and O–H groups in total. The molecular weight excluding hydrogens is 390 g/mol. The largest absolute Gasteiger partial charge is 0.314 e. The monoisotopic (exact) mass is 421 g/mol. The van der Waals surface area contributed by atoms with Crippen LogP contribution in [0.15, 0.2) is 72.5 Å². The van der Waals surface area contributed by atoms with Crippen LogP contribution in [0.4, 0.5) is 20.2 Å². The molecule has 0 saturated heterocycles. The van der Waals surface area contributed by atoms with Gasteiger partial charge in [0.2, 0.25) is 5.69 Å². The zero-order valence-corrected chi connectivity index (χ0v) is 19.2. The minimum atomic E-state index is -1.15. The second kappa shape index (κ2) is 7.44. The van der Waals surface area contributed by atoms with Gasteiger partial charge in [0.15, 0.2) is 12.0 Å². The number of hydrogen-bond donors (Lipinski definition) is 0. The molecule has 0 spiro atoms. The average Bonchev–Trinajstić information content (AvgIpc) is 3.08. The molecule has 4 rings (SSSR count). The van der Waals surface area contributed by atoms with E-state index in [2.05, 4.69) is 39.8 Å². The predicted octanol–water partition coefficient (Wildman–Crippen LogP) is 6.93. The summed E-state index contributed by atoms with van der Waals surface area (Å²) in [5.74, 6) is 0. The van der Waals surface area contributed by atoms with Gasteiger partial charge in [0.1, 0.15) is 0 Å². The molecule has 2 aromatic carbocycles. The molecular formula is C27H31F2N2+. The standard InChI is InChI=1S/C27H31F2N2/c1-18(28)30-22-14-9-7-12-20(22)26(3,4)24(30)16-11-17-25-27(5,6)21-13-8-10-15-23(21)31(25)19(2)29/h7-19H,1-6H3/q+1. The lowest BCUT2D eigenvalue weighted by Gasteiger charge is -2.28. The lowest BCUT2D eigenvalue weighted by atomic mass is 9.81. The van der Waals surface area contributed by atoms with Crippen LogP contribution in [0.2, 0.25) is 0 Å². The smallest absolute Gasteiger partial charge is 0.296 e. The Labute approximate surface area is 184 Å². The van der Waals surface area contributed by atoms with Crippen LogP contribution >= 0.6 is 0 Å². The third kappa shape index (κ3) is 3.24. The summed E-state index contributed by atoms with van der Waals surface area (Å²) >= 11 is 0. The summed E-state index contributed by atoms with van der Waals surface area (Å²) in [5.41, 5.74) is 5.17. The van der Waals surface area contributed by atoms with E-state index in [1.807, 2.05) is 54.6 Å². The second-order valence-corrected chi connectivity index (χ2v) is 9.47. The molecule has 4 heteroatoms. The molecule has 2 unspecified atom stereocenters. The van der Waals surface area contributed by atoms with Crippen molar-refractivity contribution in [1.82, 2.24) is 0 Å². The molecule has 0 aromatic heterocycles. The van der Waals surface area contributed by atoms with Gasteiger partial charge in [-0.1, -0.05) is 56.3 Å². The summed E-state index contributed by atoms with van der Waals surface area (Å²) in [4.78, 5) is 1.76. The summed E-state index contributed by atoms with van der Waals surface area (Å²) < 4.78 is 31.1. The zero-order chi connectivity index (χ0) is 22.6. The molecule has 162 valence electrons. The Morgan fingerprint density at radius 1 is 0.871 bits per heavy atom. The van der Waals surface area contributed by atoms with Crippen molar-refractivity contribution in [2.75, 3.05) is 4.90 Å². The van der Waals surface area contributed by atoms with E-state index in [0.29, 0.717) is 0 Å².